The molecule has 96 valence electrons. The average Bonchev–Trinajstić information content (AvgIpc) is 2.17. The van der Waals surface area contributed by atoms with E-state index in [1.165, 1.54) is 0 Å². The van der Waals surface area contributed by atoms with Crippen LogP contribution in [0.25, 0.3) is 0 Å². The van der Waals surface area contributed by atoms with Crippen LogP contribution in [0.1, 0.15) is 33.6 Å². The van der Waals surface area contributed by atoms with Gasteiger partial charge >= 0.3 is 0 Å². The lowest BCUT2D eigenvalue weighted by Gasteiger charge is -2.28. The van der Waals surface area contributed by atoms with Crippen molar-refractivity contribution in [1.29, 1.82) is 0 Å². The number of hydrogen-bond acceptors (Lipinski definition) is 4. The van der Waals surface area contributed by atoms with Crippen molar-refractivity contribution >= 4 is 9.84 Å². The van der Waals surface area contributed by atoms with Crippen molar-refractivity contribution in [2.75, 3.05) is 18.9 Å². The lowest BCUT2D eigenvalue weighted by atomic mass is 10.0. The molecule has 2 atom stereocenters. The predicted octanol–water partition coefficient (Wildman–Crippen LogP) is 0.967. The quantitative estimate of drug-likeness (QED) is 0.789. The fraction of sp³-hybridized carbons (Fsp3) is 1.00. The first-order valence-corrected chi connectivity index (χ1v) is 7.70. The second kappa shape index (κ2) is 5.98. The van der Waals surface area contributed by atoms with Crippen LogP contribution >= 0.6 is 0 Å². The van der Waals surface area contributed by atoms with E-state index in [4.69, 9.17) is 4.74 Å². The van der Waals surface area contributed by atoms with Crippen LogP contribution in [0.2, 0.25) is 0 Å². The Morgan fingerprint density at radius 2 is 2.12 bits per heavy atom. The van der Waals surface area contributed by atoms with Crippen LogP contribution in [-0.2, 0) is 14.6 Å². The van der Waals surface area contributed by atoms with Crippen LogP contribution in [0, 0.1) is 0 Å². The summed E-state index contributed by atoms with van der Waals surface area (Å²) >= 11 is 0. The van der Waals surface area contributed by atoms with Crippen LogP contribution in [0.4, 0.5) is 0 Å². The number of nitrogens with one attached hydrogen (secondary N) is 1. The molecule has 0 aromatic carbocycles. The van der Waals surface area contributed by atoms with E-state index in [0.717, 1.165) is 19.4 Å². The number of rotatable bonds is 5. The molecule has 0 radical (unpaired) electrons. The zero-order valence-electron chi connectivity index (χ0n) is 10.4. The summed E-state index contributed by atoms with van der Waals surface area (Å²) < 4.78 is 28.6. The van der Waals surface area contributed by atoms with E-state index in [2.05, 4.69) is 12.2 Å². The first-order valence-electron chi connectivity index (χ1n) is 5.98. The molecule has 16 heavy (non-hydrogen) atoms. The monoisotopic (exact) mass is 249 g/mol. The van der Waals surface area contributed by atoms with E-state index in [0.29, 0.717) is 12.6 Å². The van der Waals surface area contributed by atoms with Gasteiger partial charge in [-0.25, -0.2) is 8.42 Å². The molecule has 0 amide bonds. The molecule has 1 fully saturated rings. The van der Waals surface area contributed by atoms with E-state index in [-0.39, 0.29) is 17.1 Å². The van der Waals surface area contributed by atoms with Crippen LogP contribution < -0.4 is 5.32 Å². The van der Waals surface area contributed by atoms with Gasteiger partial charge in [-0.15, -0.1) is 0 Å². The standard InChI is InChI=1S/C11H23NO3S/c1-9(2)16(13,14)7-5-12-11-4-6-15-10(3)8-11/h9-12H,4-8H2,1-3H3. The molecule has 0 bridgehead atoms. The SMILES string of the molecule is CC1CC(NCCS(=O)(=O)C(C)C)CCO1. The number of sulfone groups is 1. The topological polar surface area (TPSA) is 55.4 Å². The summed E-state index contributed by atoms with van der Waals surface area (Å²) in [6.45, 7) is 6.84. The lowest BCUT2D eigenvalue weighted by molar-refractivity contribution is 0.0137. The Morgan fingerprint density at radius 3 is 2.69 bits per heavy atom. The highest BCUT2D eigenvalue weighted by molar-refractivity contribution is 7.92. The fourth-order valence-corrected chi connectivity index (χ4v) is 2.70. The van der Waals surface area contributed by atoms with E-state index in [9.17, 15) is 8.42 Å². The summed E-state index contributed by atoms with van der Waals surface area (Å²) in [6, 6.07) is 0.408. The minimum Gasteiger partial charge on any atom is -0.378 e. The lowest BCUT2D eigenvalue weighted by Crippen LogP contribution is -2.40. The molecular formula is C11H23NO3S. The number of hydrogen-bond donors (Lipinski definition) is 1. The van der Waals surface area contributed by atoms with E-state index in [1.807, 2.05) is 0 Å². The summed E-state index contributed by atoms with van der Waals surface area (Å²) in [7, 11) is -2.91. The van der Waals surface area contributed by atoms with Gasteiger partial charge in [-0.1, -0.05) is 0 Å². The molecule has 0 aromatic heterocycles. The average molecular weight is 249 g/mol. The van der Waals surface area contributed by atoms with Gasteiger partial charge in [0.2, 0.25) is 0 Å². The van der Waals surface area contributed by atoms with Gasteiger partial charge in [-0.05, 0) is 33.6 Å². The highest BCUT2D eigenvalue weighted by atomic mass is 32.2. The van der Waals surface area contributed by atoms with Gasteiger partial charge in [-0.3, -0.25) is 0 Å². The van der Waals surface area contributed by atoms with E-state index >= 15 is 0 Å². The van der Waals surface area contributed by atoms with Gasteiger partial charge in [0.1, 0.15) is 0 Å². The Morgan fingerprint density at radius 1 is 1.44 bits per heavy atom. The first kappa shape index (κ1) is 13.9. The van der Waals surface area contributed by atoms with Crippen molar-refractivity contribution in [2.45, 2.75) is 51.0 Å². The molecule has 0 spiro atoms. The van der Waals surface area contributed by atoms with Crippen LogP contribution in [-0.4, -0.2) is 44.7 Å². The molecule has 1 rings (SSSR count). The van der Waals surface area contributed by atoms with Crippen LogP contribution in [0.5, 0.6) is 0 Å². The maximum atomic E-state index is 11.6. The van der Waals surface area contributed by atoms with Crippen LogP contribution in [0.15, 0.2) is 0 Å². The fourth-order valence-electron chi connectivity index (χ4n) is 1.82. The van der Waals surface area contributed by atoms with E-state index < -0.39 is 9.84 Å². The van der Waals surface area contributed by atoms with E-state index in [1.54, 1.807) is 13.8 Å². The third-order valence-corrected chi connectivity index (χ3v) is 5.23. The van der Waals surface area contributed by atoms with Crippen LogP contribution in [0.3, 0.4) is 0 Å². The Bertz CT molecular complexity index is 300. The molecule has 0 saturated carbocycles. The Labute approximate surface area is 98.7 Å². The second-order valence-corrected chi connectivity index (χ2v) is 7.45. The number of ether oxygens (including phenoxy) is 1. The molecule has 4 nitrogen and oxygen atoms in total. The molecular weight excluding hydrogens is 226 g/mol. The molecule has 1 aliphatic heterocycles. The van der Waals surface area contributed by atoms with Gasteiger partial charge in [-0.2, -0.15) is 0 Å². The third-order valence-electron chi connectivity index (χ3n) is 3.02. The smallest absolute Gasteiger partial charge is 0.153 e. The van der Waals surface area contributed by atoms with Crippen molar-refractivity contribution in [2.24, 2.45) is 0 Å². The molecule has 1 saturated heterocycles. The predicted molar refractivity (Wildman–Crippen MR) is 65.4 cm³/mol. The Hall–Kier alpha value is -0.130. The minimum atomic E-state index is -2.91. The first-order chi connectivity index (χ1) is 7.42. The highest BCUT2D eigenvalue weighted by Gasteiger charge is 2.20. The van der Waals surface area contributed by atoms with Gasteiger partial charge in [0.15, 0.2) is 9.84 Å². The molecule has 0 aliphatic carbocycles. The van der Waals surface area contributed by atoms with Crippen molar-refractivity contribution in [3.63, 3.8) is 0 Å². The van der Waals surface area contributed by atoms with Crippen molar-refractivity contribution in [3.8, 4) is 0 Å². The Balaban J connectivity index is 2.25. The maximum Gasteiger partial charge on any atom is 0.153 e. The third kappa shape index (κ3) is 4.39. The summed E-state index contributed by atoms with van der Waals surface area (Å²) in [4.78, 5) is 0. The maximum absolute atomic E-state index is 11.6. The molecule has 2 unspecified atom stereocenters. The zero-order chi connectivity index (χ0) is 12.2. The largest absolute Gasteiger partial charge is 0.378 e. The second-order valence-electron chi connectivity index (χ2n) is 4.77. The molecule has 5 heteroatoms. The summed E-state index contributed by atoms with van der Waals surface area (Å²) in [6.07, 6.45) is 2.24. The minimum absolute atomic E-state index is 0.233. The highest BCUT2D eigenvalue weighted by Crippen LogP contribution is 2.12. The van der Waals surface area contributed by atoms with Gasteiger partial charge in [0.05, 0.1) is 17.1 Å². The zero-order valence-corrected chi connectivity index (χ0v) is 11.2. The van der Waals surface area contributed by atoms with Crippen molar-refractivity contribution in [3.05, 3.63) is 0 Å². The van der Waals surface area contributed by atoms with Gasteiger partial charge in [0.25, 0.3) is 0 Å². The van der Waals surface area contributed by atoms with Crippen molar-refractivity contribution < 1.29 is 13.2 Å². The Kier molecular flexibility index (Phi) is 5.21. The summed E-state index contributed by atoms with van der Waals surface area (Å²) in [5.41, 5.74) is 0. The summed E-state index contributed by atoms with van der Waals surface area (Å²) in [5, 5.41) is 3.03. The molecule has 1 aliphatic rings. The van der Waals surface area contributed by atoms with Crippen molar-refractivity contribution in [1.82, 2.24) is 5.32 Å². The summed E-state index contributed by atoms with van der Waals surface area (Å²) in [5.74, 6) is 0.233. The van der Waals surface area contributed by atoms with Gasteiger partial charge < -0.3 is 10.1 Å². The molecule has 1 heterocycles. The van der Waals surface area contributed by atoms with Gasteiger partial charge in [0, 0.05) is 19.2 Å². The molecule has 0 aromatic rings. The molecule has 1 N–H and O–H groups in total. The normalized spacial score (nSPS) is 27.2.